The van der Waals surface area contributed by atoms with Crippen molar-refractivity contribution < 1.29 is 10.2 Å². The molecular formula is C17H22O2Si. The van der Waals surface area contributed by atoms with E-state index in [2.05, 4.69) is 37.8 Å². The molecule has 3 atom stereocenters. The van der Waals surface area contributed by atoms with Crippen LogP contribution in [0.2, 0.25) is 19.6 Å². The Kier molecular flexibility index (Phi) is 3.24. The van der Waals surface area contributed by atoms with Gasteiger partial charge in [0.05, 0.1) is 8.07 Å². The molecule has 106 valence electrons. The van der Waals surface area contributed by atoms with Crippen LogP contribution in [0.1, 0.15) is 17.9 Å². The third-order valence-electron chi connectivity index (χ3n) is 4.46. The van der Waals surface area contributed by atoms with E-state index < -0.39 is 20.3 Å². The third-order valence-corrected chi connectivity index (χ3v) is 6.55. The molecule has 3 heteroatoms. The van der Waals surface area contributed by atoms with Crippen molar-refractivity contribution in [2.24, 2.45) is 0 Å². The predicted molar refractivity (Wildman–Crippen MR) is 84.3 cm³/mol. The smallest absolute Gasteiger partial charge is 0.109 e. The highest BCUT2D eigenvalue weighted by Gasteiger charge is 2.47. The van der Waals surface area contributed by atoms with Crippen molar-refractivity contribution in [2.75, 3.05) is 0 Å². The van der Waals surface area contributed by atoms with Crippen LogP contribution in [0.3, 0.4) is 0 Å². The Hall–Kier alpha value is -1.16. The van der Waals surface area contributed by atoms with Gasteiger partial charge in [-0.05, 0) is 23.1 Å². The zero-order chi connectivity index (χ0) is 14.5. The topological polar surface area (TPSA) is 40.5 Å². The summed E-state index contributed by atoms with van der Waals surface area (Å²) in [5.41, 5.74) is 3.33. The van der Waals surface area contributed by atoms with Gasteiger partial charge in [-0.15, -0.1) is 0 Å². The minimum absolute atomic E-state index is 0.227. The van der Waals surface area contributed by atoms with Crippen LogP contribution in [0.25, 0.3) is 0 Å². The molecule has 1 aromatic rings. The molecule has 0 aliphatic heterocycles. The van der Waals surface area contributed by atoms with Gasteiger partial charge in [-0.1, -0.05) is 61.2 Å². The summed E-state index contributed by atoms with van der Waals surface area (Å²) in [4.78, 5) is 0. The lowest BCUT2D eigenvalue weighted by Gasteiger charge is -2.46. The summed E-state index contributed by atoms with van der Waals surface area (Å²) in [5.74, 6) is 0.227. The minimum Gasteiger partial charge on any atom is -0.386 e. The lowest BCUT2D eigenvalue weighted by atomic mass is 9.69. The molecule has 0 fully saturated rings. The normalized spacial score (nSPS) is 29.6. The molecule has 3 rings (SSSR count). The maximum absolute atomic E-state index is 10.2. The lowest BCUT2D eigenvalue weighted by molar-refractivity contribution is 0.0336. The first-order chi connectivity index (χ1) is 9.41. The van der Waals surface area contributed by atoms with Crippen LogP contribution in [-0.4, -0.2) is 30.5 Å². The Labute approximate surface area is 121 Å². The van der Waals surface area contributed by atoms with Crippen molar-refractivity contribution >= 4 is 8.07 Å². The molecule has 0 saturated carbocycles. The second-order valence-electron chi connectivity index (χ2n) is 6.83. The van der Waals surface area contributed by atoms with Crippen molar-refractivity contribution in [2.45, 2.75) is 44.2 Å². The number of hydrogen-bond acceptors (Lipinski definition) is 2. The van der Waals surface area contributed by atoms with Crippen LogP contribution in [0.5, 0.6) is 0 Å². The summed E-state index contributed by atoms with van der Waals surface area (Å²) in [7, 11) is -1.48. The number of benzene rings is 1. The summed E-state index contributed by atoms with van der Waals surface area (Å²) < 4.78 is 0. The quantitative estimate of drug-likeness (QED) is 0.821. The van der Waals surface area contributed by atoms with Crippen molar-refractivity contribution in [1.82, 2.24) is 0 Å². The molecule has 2 nitrogen and oxygen atoms in total. The van der Waals surface area contributed by atoms with Gasteiger partial charge in [0.2, 0.25) is 0 Å². The molecule has 1 aromatic carbocycles. The van der Waals surface area contributed by atoms with Gasteiger partial charge in [-0.3, -0.25) is 0 Å². The summed E-state index contributed by atoms with van der Waals surface area (Å²) in [6.45, 7) is 6.89. The van der Waals surface area contributed by atoms with Crippen LogP contribution < -0.4 is 0 Å². The third kappa shape index (κ3) is 2.01. The molecule has 0 aromatic heterocycles. The average Bonchev–Trinajstić information content (AvgIpc) is 2.45. The van der Waals surface area contributed by atoms with E-state index in [0.29, 0.717) is 0 Å². The van der Waals surface area contributed by atoms with Gasteiger partial charge in [0.15, 0.2) is 0 Å². The van der Waals surface area contributed by atoms with E-state index in [9.17, 15) is 10.2 Å². The van der Waals surface area contributed by atoms with Gasteiger partial charge < -0.3 is 10.2 Å². The van der Waals surface area contributed by atoms with Crippen LogP contribution >= 0.6 is 0 Å². The fourth-order valence-electron chi connectivity index (χ4n) is 3.45. The molecular weight excluding hydrogens is 264 g/mol. The van der Waals surface area contributed by atoms with E-state index in [1.54, 1.807) is 0 Å². The standard InChI is InChI=1S/C17H22O2Si/c1-20(2,3)13-10-9-12(11-7-5-4-6-8-11)14-15(13)17(19)16(14)18/h4-8,10,12,16-19H,9H2,1-3H3/t12-,16-,17+/m1/s1. The zero-order valence-electron chi connectivity index (χ0n) is 12.3. The van der Waals surface area contributed by atoms with Crippen LogP contribution in [-0.2, 0) is 0 Å². The molecule has 0 heterocycles. The molecule has 0 saturated heterocycles. The number of rotatable bonds is 2. The number of hydrogen-bond donors (Lipinski definition) is 2. The van der Waals surface area contributed by atoms with E-state index in [0.717, 1.165) is 17.6 Å². The van der Waals surface area contributed by atoms with E-state index in [4.69, 9.17) is 0 Å². The first-order valence-corrected chi connectivity index (χ1v) is 10.8. The first-order valence-electron chi connectivity index (χ1n) is 7.27. The van der Waals surface area contributed by atoms with E-state index in [1.807, 2.05) is 18.2 Å². The maximum atomic E-state index is 10.2. The largest absolute Gasteiger partial charge is 0.386 e. The van der Waals surface area contributed by atoms with Gasteiger partial charge in [0.25, 0.3) is 0 Å². The first kappa shape index (κ1) is 13.8. The second-order valence-corrected chi connectivity index (χ2v) is 11.9. The summed E-state index contributed by atoms with van der Waals surface area (Å²) in [6, 6.07) is 10.3. The van der Waals surface area contributed by atoms with Gasteiger partial charge in [0.1, 0.15) is 12.2 Å². The fraction of sp³-hybridized carbons (Fsp3) is 0.412. The van der Waals surface area contributed by atoms with Crippen molar-refractivity contribution in [1.29, 1.82) is 0 Å². The maximum Gasteiger partial charge on any atom is 0.109 e. The highest BCUT2D eigenvalue weighted by Crippen LogP contribution is 2.49. The number of aliphatic hydroxyl groups excluding tert-OH is 2. The Morgan fingerprint density at radius 2 is 1.65 bits per heavy atom. The minimum atomic E-state index is -1.48. The number of aliphatic hydroxyl groups is 2. The molecule has 0 radical (unpaired) electrons. The summed E-state index contributed by atoms with van der Waals surface area (Å²) in [5, 5.41) is 21.7. The van der Waals surface area contributed by atoms with E-state index >= 15 is 0 Å². The van der Waals surface area contributed by atoms with E-state index in [1.165, 1.54) is 10.8 Å². The lowest BCUT2D eigenvalue weighted by Crippen LogP contribution is -2.48. The van der Waals surface area contributed by atoms with E-state index in [-0.39, 0.29) is 5.92 Å². The zero-order valence-corrected chi connectivity index (χ0v) is 13.3. The fourth-order valence-corrected chi connectivity index (χ4v) is 5.28. The highest BCUT2D eigenvalue weighted by molar-refractivity contribution is 6.84. The molecule has 0 spiro atoms. The predicted octanol–water partition coefficient (Wildman–Crippen LogP) is 3.01. The van der Waals surface area contributed by atoms with Gasteiger partial charge >= 0.3 is 0 Å². The Morgan fingerprint density at radius 3 is 2.25 bits per heavy atom. The SMILES string of the molecule is C[Si](C)(C)C1=CC[C@H](c2ccccc2)C2=C1[C@H](O)[C@@H]2O. The monoisotopic (exact) mass is 286 g/mol. The second kappa shape index (κ2) is 4.69. The molecule has 0 bridgehead atoms. The molecule has 2 aliphatic rings. The Balaban J connectivity index is 2.05. The Bertz CT molecular complexity index is 581. The van der Waals surface area contributed by atoms with Gasteiger partial charge in [0, 0.05) is 5.92 Å². The molecule has 2 aliphatic carbocycles. The number of allylic oxidation sites excluding steroid dienone is 1. The average molecular weight is 286 g/mol. The van der Waals surface area contributed by atoms with Crippen LogP contribution in [0.4, 0.5) is 0 Å². The van der Waals surface area contributed by atoms with Gasteiger partial charge in [-0.25, -0.2) is 0 Å². The Morgan fingerprint density at radius 1 is 1.00 bits per heavy atom. The molecule has 2 N–H and O–H groups in total. The highest BCUT2D eigenvalue weighted by atomic mass is 28.3. The summed E-state index contributed by atoms with van der Waals surface area (Å²) in [6.07, 6.45) is 1.87. The van der Waals surface area contributed by atoms with Crippen molar-refractivity contribution in [3.8, 4) is 0 Å². The van der Waals surface area contributed by atoms with Crippen LogP contribution in [0.15, 0.2) is 52.8 Å². The summed E-state index contributed by atoms with van der Waals surface area (Å²) >= 11 is 0. The molecule has 20 heavy (non-hydrogen) atoms. The van der Waals surface area contributed by atoms with Crippen LogP contribution in [0, 0.1) is 0 Å². The molecule has 0 amide bonds. The molecule has 0 unspecified atom stereocenters. The van der Waals surface area contributed by atoms with Crippen molar-refractivity contribution in [3.63, 3.8) is 0 Å². The van der Waals surface area contributed by atoms with Crippen molar-refractivity contribution in [3.05, 3.63) is 58.3 Å². The van der Waals surface area contributed by atoms with Gasteiger partial charge in [-0.2, -0.15) is 0 Å².